The van der Waals surface area contributed by atoms with E-state index < -0.39 is 10.9 Å². The standard InChI is InChI=1S/C17H17NO5/c1-3-22-17(19)11-23-16-9-8-13-6-4-5-7-14(13)15(16)10-12(2)18(20)21/h4-10H,3,11H2,1-2H3/b12-10+. The van der Waals surface area contributed by atoms with Crippen molar-refractivity contribution in [2.45, 2.75) is 13.8 Å². The van der Waals surface area contributed by atoms with Gasteiger partial charge in [-0.25, -0.2) is 4.79 Å². The lowest BCUT2D eigenvalue weighted by atomic mass is 10.0. The van der Waals surface area contributed by atoms with Crippen molar-refractivity contribution in [2.75, 3.05) is 13.2 Å². The minimum absolute atomic E-state index is 0.0117. The molecule has 0 aliphatic rings. The number of hydrogen-bond donors (Lipinski definition) is 0. The number of nitro groups is 1. The topological polar surface area (TPSA) is 78.7 Å². The van der Waals surface area contributed by atoms with Gasteiger partial charge in [0, 0.05) is 18.6 Å². The summed E-state index contributed by atoms with van der Waals surface area (Å²) in [6.45, 7) is 3.15. The largest absolute Gasteiger partial charge is 0.481 e. The zero-order valence-corrected chi connectivity index (χ0v) is 12.9. The van der Waals surface area contributed by atoms with Gasteiger partial charge >= 0.3 is 5.97 Å². The number of hydrogen-bond acceptors (Lipinski definition) is 5. The SMILES string of the molecule is CCOC(=O)COc1ccc2ccccc2c1/C=C(\C)[N+](=O)[O-]. The zero-order valence-electron chi connectivity index (χ0n) is 12.9. The van der Waals surface area contributed by atoms with Crippen LogP contribution in [0.4, 0.5) is 0 Å². The third kappa shape index (κ3) is 4.06. The molecule has 0 amide bonds. The Morgan fingerprint density at radius 1 is 1.26 bits per heavy atom. The Morgan fingerprint density at radius 2 is 2.00 bits per heavy atom. The van der Waals surface area contributed by atoms with Gasteiger partial charge in [0.1, 0.15) is 5.75 Å². The van der Waals surface area contributed by atoms with E-state index in [4.69, 9.17) is 9.47 Å². The fraction of sp³-hybridized carbons (Fsp3) is 0.235. The second-order valence-corrected chi connectivity index (χ2v) is 4.84. The Bertz CT molecular complexity index is 767. The van der Waals surface area contributed by atoms with Crippen LogP contribution in [0.1, 0.15) is 19.4 Å². The van der Waals surface area contributed by atoms with Gasteiger partial charge in [-0.1, -0.05) is 30.3 Å². The molecule has 0 fully saturated rings. The molecule has 0 aliphatic carbocycles. The minimum Gasteiger partial charge on any atom is -0.481 e. The van der Waals surface area contributed by atoms with Crippen LogP contribution in [0.3, 0.4) is 0 Å². The molecular weight excluding hydrogens is 298 g/mol. The van der Waals surface area contributed by atoms with Crippen LogP contribution in [-0.2, 0) is 9.53 Å². The predicted octanol–water partition coefficient (Wildman–Crippen LogP) is 3.42. The molecule has 23 heavy (non-hydrogen) atoms. The van der Waals surface area contributed by atoms with Gasteiger partial charge in [0.2, 0.25) is 5.70 Å². The van der Waals surface area contributed by atoms with Gasteiger partial charge in [0.05, 0.1) is 11.5 Å². The first-order chi connectivity index (χ1) is 11.0. The van der Waals surface area contributed by atoms with Crippen molar-refractivity contribution in [3.63, 3.8) is 0 Å². The lowest BCUT2D eigenvalue weighted by molar-refractivity contribution is -0.422. The zero-order chi connectivity index (χ0) is 16.8. The summed E-state index contributed by atoms with van der Waals surface area (Å²) in [7, 11) is 0. The maximum absolute atomic E-state index is 11.5. The monoisotopic (exact) mass is 315 g/mol. The van der Waals surface area contributed by atoms with Crippen LogP contribution in [0.2, 0.25) is 0 Å². The van der Waals surface area contributed by atoms with E-state index in [1.807, 2.05) is 30.3 Å². The fourth-order valence-electron chi connectivity index (χ4n) is 2.15. The molecule has 0 aliphatic heterocycles. The first kappa shape index (κ1) is 16.5. The van der Waals surface area contributed by atoms with Crippen molar-refractivity contribution in [3.8, 4) is 5.75 Å². The van der Waals surface area contributed by atoms with Crippen molar-refractivity contribution in [1.29, 1.82) is 0 Å². The van der Waals surface area contributed by atoms with E-state index in [-0.39, 0.29) is 18.9 Å². The molecule has 2 aromatic rings. The number of allylic oxidation sites excluding steroid dienone is 1. The van der Waals surface area contributed by atoms with Crippen LogP contribution in [0.15, 0.2) is 42.1 Å². The molecule has 6 nitrogen and oxygen atoms in total. The molecule has 0 saturated carbocycles. The van der Waals surface area contributed by atoms with Gasteiger partial charge in [-0.2, -0.15) is 0 Å². The van der Waals surface area contributed by atoms with Gasteiger partial charge < -0.3 is 9.47 Å². The van der Waals surface area contributed by atoms with E-state index >= 15 is 0 Å². The average Bonchev–Trinajstić information content (AvgIpc) is 2.54. The normalized spacial score (nSPS) is 11.3. The number of carbonyl (C=O) groups excluding carboxylic acids is 1. The van der Waals surface area contributed by atoms with Crippen molar-refractivity contribution in [3.05, 3.63) is 57.8 Å². The summed E-state index contributed by atoms with van der Waals surface area (Å²) in [5.74, 6) is -0.0838. The number of carbonyl (C=O) groups is 1. The van der Waals surface area contributed by atoms with Gasteiger partial charge in [0.25, 0.3) is 0 Å². The summed E-state index contributed by atoms with van der Waals surface area (Å²) < 4.78 is 10.3. The number of rotatable bonds is 6. The third-order valence-corrected chi connectivity index (χ3v) is 3.22. The number of ether oxygens (including phenoxy) is 2. The predicted molar refractivity (Wildman–Crippen MR) is 86.7 cm³/mol. The number of nitrogens with zero attached hydrogens (tertiary/aromatic N) is 1. The first-order valence-electron chi connectivity index (χ1n) is 7.15. The Hall–Kier alpha value is -2.89. The highest BCUT2D eigenvalue weighted by atomic mass is 16.6. The van der Waals surface area contributed by atoms with Gasteiger partial charge in [0.15, 0.2) is 6.61 Å². The molecule has 0 radical (unpaired) electrons. The number of fused-ring (bicyclic) bond motifs is 1. The molecule has 0 spiro atoms. The molecule has 6 heteroatoms. The van der Waals surface area contributed by atoms with Crippen LogP contribution < -0.4 is 4.74 Å². The molecule has 2 rings (SSSR count). The first-order valence-corrected chi connectivity index (χ1v) is 7.15. The van der Waals surface area contributed by atoms with E-state index in [1.54, 1.807) is 13.0 Å². The van der Waals surface area contributed by atoms with Gasteiger partial charge in [-0.15, -0.1) is 0 Å². The molecule has 0 saturated heterocycles. The fourth-order valence-corrected chi connectivity index (χ4v) is 2.15. The second kappa shape index (κ2) is 7.40. The number of esters is 1. The van der Waals surface area contributed by atoms with Gasteiger partial charge in [-0.05, 0) is 23.8 Å². The Kier molecular flexibility index (Phi) is 5.30. The summed E-state index contributed by atoms with van der Waals surface area (Å²) in [4.78, 5) is 21.9. The van der Waals surface area contributed by atoms with Crippen LogP contribution in [-0.4, -0.2) is 24.1 Å². The Balaban J connectivity index is 2.45. The Morgan fingerprint density at radius 3 is 2.70 bits per heavy atom. The average molecular weight is 315 g/mol. The summed E-state index contributed by atoms with van der Waals surface area (Å²) >= 11 is 0. The van der Waals surface area contributed by atoms with Crippen molar-refractivity contribution < 1.29 is 19.2 Å². The smallest absolute Gasteiger partial charge is 0.344 e. The van der Waals surface area contributed by atoms with Crippen molar-refractivity contribution >= 4 is 22.8 Å². The quantitative estimate of drug-likeness (QED) is 0.463. The van der Waals surface area contributed by atoms with Crippen molar-refractivity contribution in [2.24, 2.45) is 0 Å². The third-order valence-electron chi connectivity index (χ3n) is 3.22. The summed E-state index contributed by atoms with van der Waals surface area (Å²) in [6, 6.07) is 11.0. The van der Waals surface area contributed by atoms with Crippen LogP contribution in [0, 0.1) is 10.1 Å². The summed E-state index contributed by atoms with van der Waals surface area (Å²) in [5.41, 5.74) is 0.559. The van der Waals surface area contributed by atoms with Crippen LogP contribution in [0.5, 0.6) is 5.75 Å². The molecule has 0 aromatic heterocycles. The van der Waals surface area contributed by atoms with Gasteiger partial charge in [-0.3, -0.25) is 10.1 Å². The molecule has 0 N–H and O–H groups in total. The molecule has 120 valence electrons. The van der Waals surface area contributed by atoms with E-state index in [0.29, 0.717) is 11.3 Å². The summed E-state index contributed by atoms with van der Waals surface area (Å²) in [6.07, 6.45) is 1.45. The lowest BCUT2D eigenvalue weighted by Gasteiger charge is -2.11. The molecular formula is C17H17NO5. The van der Waals surface area contributed by atoms with E-state index in [2.05, 4.69) is 0 Å². The van der Waals surface area contributed by atoms with E-state index in [9.17, 15) is 14.9 Å². The highest BCUT2D eigenvalue weighted by molar-refractivity contribution is 5.93. The number of benzene rings is 2. The molecule has 0 bridgehead atoms. The van der Waals surface area contributed by atoms with E-state index in [0.717, 1.165) is 10.8 Å². The molecule has 2 aromatic carbocycles. The van der Waals surface area contributed by atoms with Crippen LogP contribution in [0.25, 0.3) is 16.8 Å². The lowest BCUT2D eigenvalue weighted by Crippen LogP contribution is -2.15. The van der Waals surface area contributed by atoms with E-state index in [1.165, 1.54) is 13.0 Å². The second-order valence-electron chi connectivity index (χ2n) is 4.84. The Labute approximate surface area is 133 Å². The molecule has 0 unspecified atom stereocenters. The highest BCUT2D eigenvalue weighted by Crippen LogP contribution is 2.30. The molecule has 0 atom stereocenters. The van der Waals surface area contributed by atoms with Crippen LogP contribution >= 0.6 is 0 Å². The minimum atomic E-state index is -0.485. The maximum atomic E-state index is 11.5. The molecule has 0 heterocycles. The van der Waals surface area contributed by atoms with Crippen molar-refractivity contribution in [1.82, 2.24) is 0 Å². The highest BCUT2D eigenvalue weighted by Gasteiger charge is 2.12. The maximum Gasteiger partial charge on any atom is 0.344 e. The summed E-state index contributed by atoms with van der Waals surface area (Å²) in [5, 5.41) is 12.7.